The summed E-state index contributed by atoms with van der Waals surface area (Å²) in [5.41, 5.74) is 0. The van der Waals surface area contributed by atoms with Crippen LogP contribution in [0.4, 0.5) is 0 Å². The second-order valence-corrected chi connectivity index (χ2v) is 2.86. The van der Waals surface area contributed by atoms with Gasteiger partial charge in [-0.1, -0.05) is 19.8 Å². The first-order valence-electron chi connectivity index (χ1n) is 4.41. The Morgan fingerprint density at radius 2 is 2.00 bits per heavy atom. The van der Waals surface area contributed by atoms with Gasteiger partial charge < -0.3 is 5.11 Å². The van der Waals surface area contributed by atoms with Crippen LogP contribution in [0.2, 0.25) is 0 Å². The number of unbranched alkanes of at least 4 members (excludes halogenated alkanes) is 3. The van der Waals surface area contributed by atoms with Gasteiger partial charge in [0.15, 0.2) is 0 Å². The van der Waals surface area contributed by atoms with Crippen LogP contribution in [0, 0.1) is 11.8 Å². The molecule has 0 unspecified atom stereocenters. The second kappa shape index (κ2) is 7.63. The Labute approximate surface area is 69.8 Å². The lowest BCUT2D eigenvalue weighted by molar-refractivity contribution is 0.201. The van der Waals surface area contributed by atoms with E-state index in [1.807, 2.05) is 0 Å². The molecule has 0 aromatic rings. The molecule has 1 atom stereocenters. The summed E-state index contributed by atoms with van der Waals surface area (Å²) < 4.78 is 0. The SMILES string of the molecule is CCCCCC#CC[C@@H](C)O. The highest BCUT2D eigenvalue weighted by Gasteiger charge is 1.87. The lowest BCUT2D eigenvalue weighted by Crippen LogP contribution is -1.95. The van der Waals surface area contributed by atoms with Crippen molar-refractivity contribution < 1.29 is 5.11 Å². The summed E-state index contributed by atoms with van der Waals surface area (Å²) in [6.07, 6.45) is 5.05. The summed E-state index contributed by atoms with van der Waals surface area (Å²) in [5, 5.41) is 8.85. The lowest BCUT2D eigenvalue weighted by atomic mass is 10.2. The zero-order chi connectivity index (χ0) is 8.53. The monoisotopic (exact) mass is 154 g/mol. The Balaban J connectivity index is 3.12. The number of rotatable bonds is 4. The van der Waals surface area contributed by atoms with Crippen molar-refractivity contribution in [1.29, 1.82) is 0 Å². The zero-order valence-corrected chi connectivity index (χ0v) is 7.56. The second-order valence-electron chi connectivity index (χ2n) is 2.86. The first kappa shape index (κ1) is 10.5. The molecule has 0 aromatic carbocycles. The van der Waals surface area contributed by atoms with Crippen LogP contribution in [-0.4, -0.2) is 11.2 Å². The molecule has 0 aliphatic heterocycles. The predicted molar refractivity (Wildman–Crippen MR) is 48.2 cm³/mol. The Bertz CT molecular complexity index is 128. The fourth-order valence-electron chi connectivity index (χ4n) is 0.772. The van der Waals surface area contributed by atoms with E-state index in [0.29, 0.717) is 6.42 Å². The van der Waals surface area contributed by atoms with E-state index in [2.05, 4.69) is 18.8 Å². The normalized spacial score (nSPS) is 11.9. The standard InChI is InChI=1S/C10H18O/c1-3-4-5-6-7-8-9-10(2)11/h10-11H,3-6,9H2,1-2H3/t10-/m1/s1. The van der Waals surface area contributed by atoms with Crippen LogP contribution in [0.3, 0.4) is 0 Å². The lowest BCUT2D eigenvalue weighted by Gasteiger charge is -1.93. The van der Waals surface area contributed by atoms with Crippen LogP contribution < -0.4 is 0 Å². The van der Waals surface area contributed by atoms with Gasteiger partial charge in [0.05, 0.1) is 6.10 Å². The average molecular weight is 154 g/mol. The van der Waals surface area contributed by atoms with E-state index in [9.17, 15) is 0 Å². The summed E-state index contributed by atoms with van der Waals surface area (Å²) in [7, 11) is 0. The molecule has 0 spiro atoms. The van der Waals surface area contributed by atoms with E-state index in [-0.39, 0.29) is 6.10 Å². The predicted octanol–water partition coefficient (Wildman–Crippen LogP) is 2.34. The van der Waals surface area contributed by atoms with Gasteiger partial charge in [0.1, 0.15) is 0 Å². The summed E-state index contributed by atoms with van der Waals surface area (Å²) >= 11 is 0. The van der Waals surface area contributed by atoms with Gasteiger partial charge >= 0.3 is 0 Å². The summed E-state index contributed by atoms with van der Waals surface area (Å²) in [6.45, 7) is 3.95. The number of aliphatic hydroxyl groups is 1. The van der Waals surface area contributed by atoms with E-state index < -0.39 is 0 Å². The van der Waals surface area contributed by atoms with Crippen LogP contribution >= 0.6 is 0 Å². The van der Waals surface area contributed by atoms with E-state index >= 15 is 0 Å². The summed E-state index contributed by atoms with van der Waals surface area (Å²) in [6, 6.07) is 0. The average Bonchev–Trinajstić information content (AvgIpc) is 1.96. The van der Waals surface area contributed by atoms with Crippen molar-refractivity contribution in [3.8, 4) is 11.8 Å². The molecule has 64 valence electrons. The topological polar surface area (TPSA) is 20.2 Å². The smallest absolute Gasteiger partial charge is 0.0621 e. The molecule has 0 aliphatic rings. The van der Waals surface area contributed by atoms with E-state index in [4.69, 9.17) is 5.11 Å². The van der Waals surface area contributed by atoms with Gasteiger partial charge in [0.25, 0.3) is 0 Å². The Morgan fingerprint density at radius 1 is 1.27 bits per heavy atom. The number of hydrogen-bond acceptors (Lipinski definition) is 1. The quantitative estimate of drug-likeness (QED) is 0.487. The van der Waals surface area contributed by atoms with Crippen LogP contribution in [0.5, 0.6) is 0 Å². The first-order chi connectivity index (χ1) is 5.27. The molecule has 0 aliphatic carbocycles. The molecule has 11 heavy (non-hydrogen) atoms. The fraction of sp³-hybridized carbons (Fsp3) is 0.800. The minimum Gasteiger partial charge on any atom is -0.392 e. The molecule has 0 saturated heterocycles. The maximum absolute atomic E-state index is 8.85. The molecule has 0 heterocycles. The van der Waals surface area contributed by atoms with E-state index in [1.165, 1.54) is 19.3 Å². The molecule has 0 bridgehead atoms. The van der Waals surface area contributed by atoms with Crippen LogP contribution in [0.15, 0.2) is 0 Å². The zero-order valence-electron chi connectivity index (χ0n) is 7.56. The third-order valence-electron chi connectivity index (χ3n) is 1.43. The molecule has 1 nitrogen and oxygen atoms in total. The molecule has 0 aromatic heterocycles. The van der Waals surface area contributed by atoms with Crippen LogP contribution in [0.1, 0.15) is 46.0 Å². The largest absolute Gasteiger partial charge is 0.392 e. The van der Waals surface area contributed by atoms with Crippen LogP contribution in [-0.2, 0) is 0 Å². The molecule has 0 amide bonds. The van der Waals surface area contributed by atoms with Gasteiger partial charge in [-0.05, 0) is 13.3 Å². The molecule has 0 fully saturated rings. The van der Waals surface area contributed by atoms with E-state index in [1.54, 1.807) is 6.92 Å². The third kappa shape index (κ3) is 9.52. The van der Waals surface area contributed by atoms with Gasteiger partial charge in [-0.25, -0.2) is 0 Å². The van der Waals surface area contributed by atoms with Crippen molar-refractivity contribution in [2.45, 2.75) is 52.1 Å². The minimum atomic E-state index is -0.270. The Morgan fingerprint density at radius 3 is 2.55 bits per heavy atom. The van der Waals surface area contributed by atoms with E-state index in [0.717, 1.165) is 6.42 Å². The Hall–Kier alpha value is -0.480. The minimum absolute atomic E-state index is 0.270. The van der Waals surface area contributed by atoms with Gasteiger partial charge in [0.2, 0.25) is 0 Å². The molecule has 0 radical (unpaired) electrons. The molecule has 1 heteroatoms. The maximum atomic E-state index is 8.85. The molecule has 0 saturated carbocycles. The first-order valence-corrected chi connectivity index (χ1v) is 4.41. The van der Waals surface area contributed by atoms with Crippen molar-refractivity contribution in [3.63, 3.8) is 0 Å². The number of hydrogen-bond donors (Lipinski definition) is 1. The highest BCUT2D eigenvalue weighted by atomic mass is 16.3. The maximum Gasteiger partial charge on any atom is 0.0621 e. The van der Waals surface area contributed by atoms with Gasteiger partial charge in [-0.15, -0.1) is 11.8 Å². The highest BCUT2D eigenvalue weighted by Crippen LogP contribution is 1.97. The molecular formula is C10H18O. The van der Waals surface area contributed by atoms with Crippen molar-refractivity contribution in [1.82, 2.24) is 0 Å². The van der Waals surface area contributed by atoms with Crippen molar-refractivity contribution in [2.75, 3.05) is 0 Å². The van der Waals surface area contributed by atoms with Gasteiger partial charge in [0, 0.05) is 12.8 Å². The third-order valence-corrected chi connectivity index (χ3v) is 1.43. The molecular weight excluding hydrogens is 136 g/mol. The number of aliphatic hydroxyl groups excluding tert-OH is 1. The summed E-state index contributed by atoms with van der Waals surface area (Å²) in [5.74, 6) is 5.99. The van der Waals surface area contributed by atoms with Gasteiger partial charge in [-0.2, -0.15) is 0 Å². The van der Waals surface area contributed by atoms with Crippen molar-refractivity contribution in [3.05, 3.63) is 0 Å². The fourth-order valence-corrected chi connectivity index (χ4v) is 0.772. The summed E-state index contributed by atoms with van der Waals surface area (Å²) in [4.78, 5) is 0. The highest BCUT2D eigenvalue weighted by molar-refractivity contribution is 4.99. The van der Waals surface area contributed by atoms with Gasteiger partial charge in [-0.3, -0.25) is 0 Å². The molecule has 0 rings (SSSR count). The van der Waals surface area contributed by atoms with Crippen LogP contribution in [0.25, 0.3) is 0 Å². The van der Waals surface area contributed by atoms with Crippen molar-refractivity contribution in [2.24, 2.45) is 0 Å². The molecule has 1 N–H and O–H groups in total. The van der Waals surface area contributed by atoms with Crippen molar-refractivity contribution >= 4 is 0 Å². The Kier molecular flexibility index (Phi) is 7.29.